The van der Waals surface area contributed by atoms with Gasteiger partial charge in [0.05, 0.1) is 28.2 Å². The van der Waals surface area contributed by atoms with E-state index < -0.39 is 29.1 Å². The normalized spacial score (nSPS) is 19.3. The number of anilines is 2. The summed E-state index contributed by atoms with van der Waals surface area (Å²) in [5, 5.41) is 9.04. The molecule has 2 heterocycles. The number of halogens is 3. The van der Waals surface area contributed by atoms with Gasteiger partial charge in [-0.3, -0.25) is 15.0 Å². The lowest BCUT2D eigenvalue weighted by Crippen LogP contribution is -2.54. The Hall–Kier alpha value is -3.96. The predicted molar refractivity (Wildman–Crippen MR) is 113 cm³/mol. The van der Waals surface area contributed by atoms with Crippen LogP contribution in [0.1, 0.15) is 29.8 Å². The molecule has 5 N–H and O–H groups in total. The number of pyridine rings is 1. The Labute approximate surface area is 181 Å². The van der Waals surface area contributed by atoms with Crippen molar-refractivity contribution in [2.24, 2.45) is 15.8 Å². The van der Waals surface area contributed by atoms with E-state index in [4.69, 9.17) is 5.73 Å². The summed E-state index contributed by atoms with van der Waals surface area (Å²) >= 11 is 0. The molecule has 1 aromatic heterocycles. The minimum absolute atomic E-state index is 0.112. The van der Waals surface area contributed by atoms with Gasteiger partial charge in [-0.15, -0.1) is 0 Å². The van der Waals surface area contributed by atoms with Gasteiger partial charge in [-0.2, -0.15) is 18.3 Å². The molecule has 3 rings (SSSR count). The van der Waals surface area contributed by atoms with Gasteiger partial charge in [0.2, 0.25) is 0 Å². The number of aliphatic imine (C=N–C) groups is 1. The second kappa shape index (κ2) is 8.29. The first-order valence-corrected chi connectivity index (χ1v) is 9.33. The van der Waals surface area contributed by atoms with Crippen molar-refractivity contribution >= 4 is 40.4 Å². The number of amides is 2. The summed E-state index contributed by atoms with van der Waals surface area (Å²) < 4.78 is 40.9. The molecular weight excluding hydrogens is 427 g/mol. The summed E-state index contributed by atoms with van der Waals surface area (Å²) in [5.41, 5.74) is 5.94. The number of primary amides is 1. The first-order valence-electron chi connectivity index (χ1n) is 9.33. The van der Waals surface area contributed by atoms with E-state index in [1.165, 1.54) is 26.1 Å². The van der Waals surface area contributed by atoms with Crippen LogP contribution in [0.5, 0.6) is 0 Å². The lowest BCUT2D eigenvalue weighted by atomic mass is 9.94. The lowest BCUT2D eigenvalue weighted by molar-refractivity contribution is -0.137. The van der Waals surface area contributed by atoms with E-state index in [0.29, 0.717) is 11.9 Å². The summed E-state index contributed by atoms with van der Waals surface area (Å²) in [6, 6.07) is 7.18. The van der Waals surface area contributed by atoms with E-state index in [-0.39, 0.29) is 28.5 Å². The molecule has 1 aliphatic heterocycles. The third kappa shape index (κ3) is 4.24. The first-order chi connectivity index (χ1) is 15.0. The summed E-state index contributed by atoms with van der Waals surface area (Å²) in [5.74, 6) is -1.35. The average molecular weight is 447 g/mol. The van der Waals surface area contributed by atoms with Gasteiger partial charge in [-0.1, -0.05) is 12.1 Å². The molecule has 0 spiro atoms. The zero-order chi connectivity index (χ0) is 23.7. The van der Waals surface area contributed by atoms with Crippen molar-refractivity contribution in [1.82, 2.24) is 15.7 Å². The van der Waals surface area contributed by atoms with Crippen molar-refractivity contribution in [3.63, 3.8) is 0 Å². The molecule has 0 fully saturated rings. The van der Waals surface area contributed by atoms with Crippen LogP contribution in [0, 0.1) is 0 Å². The largest absolute Gasteiger partial charge is 0.419 e. The van der Waals surface area contributed by atoms with Crippen LogP contribution < -0.4 is 21.8 Å². The van der Waals surface area contributed by atoms with Gasteiger partial charge in [0.25, 0.3) is 11.8 Å². The average Bonchev–Trinajstić information content (AvgIpc) is 3.03. The van der Waals surface area contributed by atoms with Crippen LogP contribution in [-0.4, -0.2) is 40.8 Å². The number of hydrogen-bond donors (Lipinski definition) is 4. The number of hydrogen-bond acceptors (Lipinski definition) is 7. The Morgan fingerprint density at radius 3 is 2.53 bits per heavy atom. The van der Waals surface area contributed by atoms with Gasteiger partial charge in [0.1, 0.15) is 5.71 Å². The Balaban J connectivity index is 2.11. The van der Waals surface area contributed by atoms with E-state index >= 15 is 0 Å². The molecule has 0 aliphatic carbocycles. The fourth-order valence-electron chi connectivity index (χ4n) is 3.05. The van der Waals surface area contributed by atoms with Gasteiger partial charge in [0.15, 0.2) is 11.4 Å². The van der Waals surface area contributed by atoms with Gasteiger partial charge in [-0.25, -0.2) is 9.98 Å². The predicted octanol–water partition coefficient (Wildman–Crippen LogP) is 2.50. The number of hydrazone groups is 1. The first kappa shape index (κ1) is 22.7. The number of carbonyl (C=O) groups excluding carboxylic acids is 2. The number of nitrogens with zero attached hydrogens (tertiary/aromatic N) is 3. The molecule has 9 nitrogen and oxygen atoms in total. The maximum atomic E-state index is 13.6. The fraction of sp³-hybridized carbons (Fsp3) is 0.250. The number of alkyl halides is 3. The molecule has 0 saturated heterocycles. The number of aromatic nitrogens is 1. The Kier molecular flexibility index (Phi) is 5.88. The van der Waals surface area contributed by atoms with Crippen molar-refractivity contribution in [2.45, 2.75) is 25.6 Å². The molecule has 0 radical (unpaired) electrons. The van der Waals surface area contributed by atoms with E-state index in [1.54, 1.807) is 19.1 Å². The summed E-state index contributed by atoms with van der Waals surface area (Å²) in [6.07, 6.45) is -4.10. The summed E-state index contributed by atoms with van der Waals surface area (Å²) in [4.78, 5) is 32.0. The smallest absolute Gasteiger partial charge is 0.367 e. The van der Waals surface area contributed by atoms with E-state index in [1.807, 2.05) is 0 Å². The molecule has 168 valence electrons. The molecule has 0 saturated carbocycles. The highest BCUT2D eigenvalue weighted by Crippen LogP contribution is 2.38. The maximum Gasteiger partial charge on any atom is 0.419 e. The fourth-order valence-corrected chi connectivity index (χ4v) is 3.05. The van der Waals surface area contributed by atoms with Crippen LogP contribution in [0.25, 0.3) is 0 Å². The minimum atomic E-state index is -4.73. The lowest BCUT2D eigenvalue weighted by Gasteiger charge is -2.21. The number of carbonyl (C=O) groups is 2. The van der Waals surface area contributed by atoms with Gasteiger partial charge >= 0.3 is 6.18 Å². The van der Waals surface area contributed by atoms with Crippen LogP contribution >= 0.6 is 0 Å². The van der Waals surface area contributed by atoms with Gasteiger partial charge in [0, 0.05) is 19.3 Å². The summed E-state index contributed by atoms with van der Waals surface area (Å²) in [6.45, 7) is 3.03. The van der Waals surface area contributed by atoms with Crippen LogP contribution in [0.2, 0.25) is 0 Å². The standard InChI is InChI=1S/C20H20F3N7O2/c1-10-16(19(2,18(24)32)30-29-10)28-15-8-14(12(9-26-15)20(21,22)23)27-13-7-5-4-6-11(13)17(31)25-3/h4-9,30H,1-3H3,(H2,24,32)(H,25,31)(H,26,27). The van der Waals surface area contributed by atoms with Crippen molar-refractivity contribution in [3.05, 3.63) is 47.7 Å². The van der Waals surface area contributed by atoms with Crippen molar-refractivity contribution in [2.75, 3.05) is 12.4 Å². The Morgan fingerprint density at radius 2 is 1.91 bits per heavy atom. The molecule has 1 atom stereocenters. The second-order valence-electron chi connectivity index (χ2n) is 7.09. The van der Waals surface area contributed by atoms with E-state index in [0.717, 1.165) is 6.07 Å². The SMILES string of the molecule is CNC(=O)c1ccccc1Nc1cc(N=C2C(C)=NNC2(C)C(N)=O)ncc1C(F)(F)F. The second-order valence-corrected chi connectivity index (χ2v) is 7.09. The number of nitrogens with two attached hydrogens (primary N) is 1. The third-order valence-corrected chi connectivity index (χ3v) is 4.85. The molecule has 0 bridgehead atoms. The van der Waals surface area contributed by atoms with Crippen molar-refractivity contribution in [3.8, 4) is 0 Å². The highest BCUT2D eigenvalue weighted by atomic mass is 19.4. The molecule has 1 aromatic carbocycles. The van der Waals surface area contributed by atoms with Crippen LogP contribution in [0.15, 0.2) is 46.6 Å². The molecular formula is C20H20F3N7O2. The molecule has 1 unspecified atom stereocenters. The molecule has 12 heteroatoms. The highest BCUT2D eigenvalue weighted by molar-refractivity contribution is 6.50. The van der Waals surface area contributed by atoms with Crippen molar-refractivity contribution < 1.29 is 22.8 Å². The Morgan fingerprint density at radius 1 is 1.22 bits per heavy atom. The zero-order valence-corrected chi connectivity index (χ0v) is 17.3. The molecule has 2 amide bonds. The third-order valence-electron chi connectivity index (χ3n) is 4.85. The van der Waals surface area contributed by atoms with Crippen LogP contribution in [-0.2, 0) is 11.0 Å². The van der Waals surface area contributed by atoms with Crippen LogP contribution in [0.4, 0.5) is 30.4 Å². The quantitative estimate of drug-likeness (QED) is 0.559. The Bertz CT molecular complexity index is 1140. The minimum Gasteiger partial charge on any atom is -0.367 e. The van der Waals surface area contributed by atoms with Crippen LogP contribution in [0.3, 0.4) is 0 Å². The molecule has 1 aliphatic rings. The van der Waals surface area contributed by atoms with E-state index in [9.17, 15) is 22.8 Å². The summed E-state index contributed by atoms with van der Waals surface area (Å²) in [7, 11) is 1.41. The highest BCUT2D eigenvalue weighted by Gasteiger charge is 2.43. The number of benzene rings is 1. The maximum absolute atomic E-state index is 13.6. The number of nitrogens with one attached hydrogen (secondary N) is 3. The molecule has 32 heavy (non-hydrogen) atoms. The van der Waals surface area contributed by atoms with Gasteiger partial charge < -0.3 is 16.4 Å². The number of para-hydroxylation sites is 1. The molecule has 2 aromatic rings. The zero-order valence-electron chi connectivity index (χ0n) is 17.3. The van der Waals surface area contributed by atoms with Gasteiger partial charge in [-0.05, 0) is 26.0 Å². The topological polar surface area (TPSA) is 134 Å². The van der Waals surface area contributed by atoms with Crippen molar-refractivity contribution in [1.29, 1.82) is 0 Å². The van der Waals surface area contributed by atoms with E-state index in [2.05, 4.69) is 31.1 Å². The number of rotatable bonds is 5. The monoisotopic (exact) mass is 447 g/mol.